The molecule has 0 aliphatic rings. The highest BCUT2D eigenvalue weighted by Gasteiger charge is 2.16. The number of para-hydroxylation sites is 1. The summed E-state index contributed by atoms with van der Waals surface area (Å²) in [5.41, 5.74) is -0.101. The lowest BCUT2D eigenvalue weighted by atomic mass is 10.2. The molecular weight excluding hydrogens is 273 g/mol. The van der Waals surface area contributed by atoms with E-state index in [0.717, 1.165) is 0 Å². The van der Waals surface area contributed by atoms with E-state index in [1.54, 1.807) is 32.9 Å². The quantitative estimate of drug-likeness (QED) is 0.937. The number of nitrogens with one attached hydrogen (secondary N) is 1. The third-order valence-electron chi connectivity index (χ3n) is 2.82. The second-order valence-corrected chi connectivity index (χ2v) is 4.99. The van der Waals surface area contributed by atoms with Gasteiger partial charge in [-0.15, -0.1) is 0 Å². The molecule has 2 rings (SSSR count). The summed E-state index contributed by atoms with van der Waals surface area (Å²) in [7, 11) is 0. The highest BCUT2D eigenvalue weighted by atomic mass is 19.1. The molecule has 0 atom stereocenters. The third-order valence-corrected chi connectivity index (χ3v) is 2.82. The van der Waals surface area contributed by atoms with Gasteiger partial charge < -0.3 is 5.32 Å². The number of aryl methyl sites for hydroxylation is 1. The Morgan fingerprint density at radius 1 is 1.33 bits per heavy atom. The van der Waals surface area contributed by atoms with Crippen molar-refractivity contribution in [3.63, 3.8) is 0 Å². The zero-order chi connectivity index (χ0) is 15.6. The molecule has 0 aliphatic heterocycles. The Morgan fingerprint density at radius 3 is 2.62 bits per heavy atom. The molecule has 0 aliphatic carbocycles. The SMILES string of the molecule is Cc1cc(=O)c(C(=O)NC(C)C)nn1-c1ccccc1F. The molecule has 5 nitrogen and oxygen atoms in total. The molecule has 0 saturated carbocycles. The van der Waals surface area contributed by atoms with E-state index in [1.165, 1.54) is 22.9 Å². The first-order valence-electron chi connectivity index (χ1n) is 6.57. The zero-order valence-corrected chi connectivity index (χ0v) is 12.1. The fourth-order valence-corrected chi connectivity index (χ4v) is 1.90. The minimum atomic E-state index is -0.569. The van der Waals surface area contributed by atoms with E-state index in [1.807, 2.05) is 0 Å². The van der Waals surface area contributed by atoms with Crippen molar-refractivity contribution in [2.24, 2.45) is 0 Å². The van der Waals surface area contributed by atoms with E-state index < -0.39 is 17.2 Å². The van der Waals surface area contributed by atoms with E-state index >= 15 is 0 Å². The van der Waals surface area contributed by atoms with Gasteiger partial charge in [0.05, 0.1) is 0 Å². The number of benzene rings is 1. The second-order valence-electron chi connectivity index (χ2n) is 4.99. The maximum absolute atomic E-state index is 13.9. The molecule has 1 heterocycles. The van der Waals surface area contributed by atoms with Crippen LogP contribution in [0, 0.1) is 12.7 Å². The maximum Gasteiger partial charge on any atom is 0.276 e. The van der Waals surface area contributed by atoms with Gasteiger partial charge in [-0.25, -0.2) is 9.07 Å². The van der Waals surface area contributed by atoms with Crippen LogP contribution in [0.1, 0.15) is 30.0 Å². The Balaban J connectivity index is 2.57. The van der Waals surface area contributed by atoms with Gasteiger partial charge in [-0.1, -0.05) is 12.1 Å². The van der Waals surface area contributed by atoms with Gasteiger partial charge in [-0.3, -0.25) is 9.59 Å². The van der Waals surface area contributed by atoms with Gasteiger partial charge in [0.1, 0.15) is 11.5 Å². The van der Waals surface area contributed by atoms with Crippen LogP contribution in [0.4, 0.5) is 4.39 Å². The van der Waals surface area contributed by atoms with Gasteiger partial charge in [0.2, 0.25) is 5.43 Å². The van der Waals surface area contributed by atoms with Crippen molar-refractivity contribution < 1.29 is 9.18 Å². The fourth-order valence-electron chi connectivity index (χ4n) is 1.90. The molecule has 0 saturated heterocycles. The first-order valence-corrected chi connectivity index (χ1v) is 6.57. The number of halogens is 1. The first kappa shape index (κ1) is 14.9. The van der Waals surface area contributed by atoms with E-state index in [-0.39, 0.29) is 17.4 Å². The van der Waals surface area contributed by atoms with Crippen LogP contribution >= 0.6 is 0 Å². The minimum Gasteiger partial charge on any atom is -0.348 e. The number of hydrogen-bond donors (Lipinski definition) is 1. The van der Waals surface area contributed by atoms with E-state index in [9.17, 15) is 14.0 Å². The zero-order valence-electron chi connectivity index (χ0n) is 12.1. The average molecular weight is 289 g/mol. The Morgan fingerprint density at radius 2 is 2.00 bits per heavy atom. The summed E-state index contributed by atoms with van der Waals surface area (Å²) < 4.78 is 15.1. The lowest BCUT2D eigenvalue weighted by Crippen LogP contribution is -2.35. The largest absolute Gasteiger partial charge is 0.348 e. The van der Waals surface area contributed by atoms with Crippen LogP contribution in [0.5, 0.6) is 0 Å². The molecule has 2 aromatic rings. The Hall–Kier alpha value is -2.50. The van der Waals surface area contributed by atoms with Crippen molar-refractivity contribution in [1.82, 2.24) is 15.1 Å². The summed E-state index contributed by atoms with van der Waals surface area (Å²) in [6.45, 7) is 5.19. The number of hydrogen-bond acceptors (Lipinski definition) is 3. The third kappa shape index (κ3) is 3.16. The normalized spacial score (nSPS) is 10.7. The van der Waals surface area contributed by atoms with Crippen molar-refractivity contribution in [2.45, 2.75) is 26.8 Å². The maximum atomic E-state index is 13.9. The van der Waals surface area contributed by atoms with Crippen molar-refractivity contribution in [3.8, 4) is 5.69 Å². The molecule has 1 N–H and O–H groups in total. The summed E-state index contributed by atoms with van der Waals surface area (Å²) in [6, 6.07) is 7.19. The molecule has 6 heteroatoms. The first-order chi connectivity index (χ1) is 9.90. The molecule has 1 aromatic carbocycles. The number of aromatic nitrogens is 2. The van der Waals surface area contributed by atoms with Crippen LogP contribution in [0.25, 0.3) is 5.69 Å². The molecule has 0 bridgehead atoms. The summed E-state index contributed by atoms with van der Waals surface area (Å²) >= 11 is 0. The highest BCUT2D eigenvalue weighted by Crippen LogP contribution is 2.13. The molecular formula is C15H16FN3O2. The highest BCUT2D eigenvalue weighted by molar-refractivity contribution is 5.92. The monoisotopic (exact) mass is 289 g/mol. The minimum absolute atomic E-state index is 0.123. The van der Waals surface area contributed by atoms with Crippen LogP contribution in [0.2, 0.25) is 0 Å². The summed E-state index contributed by atoms with van der Waals surface area (Å²) in [5, 5.41) is 6.61. The second kappa shape index (κ2) is 5.87. The molecule has 0 radical (unpaired) electrons. The lowest BCUT2D eigenvalue weighted by Gasteiger charge is -2.12. The molecule has 0 spiro atoms. The summed E-state index contributed by atoms with van der Waals surface area (Å²) in [4.78, 5) is 23.9. The molecule has 0 fully saturated rings. The van der Waals surface area contributed by atoms with E-state index in [0.29, 0.717) is 5.69 Å². The topological polar surface area (TPSA) is 64.0 Å². The summed E-state index contributed by atoms with van der Waals surface area (Å²) in [6.07, 6.45) is 0. The lowest BCUT2D eigenvalue weighted by molar-refractivity contribution is 0.0935. The fraction of sp³-hybridized carbons (Fsp3) is 0.267. The summed E-state index contributed by atoms with van der Waals surface area (Å²) in [5.74, 6) is -1.05. The van der Waals surface area contributed by atoms with Gasteiger partial charge in [-0.2, -0.15) is 5.10 Å². The van der Waals surface area contributed by atoms with Gasteiger partial charge in [-0.05, 0) is 32.9 Å². The predicted molar refractivity (Wildman–Crippen MR) is 77.1 cm³/mol. The van der Waals surface area contributed by atoms with Gasteiger partial charge in [0, 0.05) is 17.8 Å². The van der Waals surface area contributed by atoms with Gasteiger partial charge in [0.25, 0.3) is 5.91 Å². The van der Waals surface area contributed by atoms with Gasteiger partial charge in [0.15, 0.2) is 5.69 Å². The standard InChI is InChI=1S/C15H16FN3O2/c1-9(2)17-15(21)14-13(20)8-10(3)19(18-14)12-7-5-4-6-11(12)16/h4-9H,1-3H3,(H,17,21). The number of carbonyl (C=O) groups excluding carboxylic acids is 1. The van der Waals surface area contributed by atoms with Crippen molar-refractivity contribution in [2.75, 3.05) is 0 Å². The molecule has 21 heavy (non-hydrogen) atoms. The molecule has 110 valence electrons. The average Bonchev–Trinajstić information content (AvgIpc) is 2.39. The van der Waals surface area contributed by atoms with E-state index in [4.69, 9.17) is 0 Å². The molecule has 1 aromatic heterocycles. The Labute approximate surface area is 121 Å². The number of carbonyl (C=O) groups is 1. The molecule has 1 amide bonds. The number of amides is 1. The number of nitrogens with zero attached hydrogens (tertiary/aromatic N) is 2. The van der Waals surface area contributed by atoms with Crippen LogP contribution in [0.3, 0.4) is 0 Å². The van der Waals surface area contributed by atoms with Gasteiger partial charge >= 0.3 is 0 Å². The Bertz CT molecular complexity index is 738. The molecule has 0 unspecified atom stereocenters. The van der Waals surface area contributed by atoms with E-state index in [2.05, 4.69) is 10.4 Å². The predicted octanol–water partition coefficient (Wildman–Crippen LogP) is 1.82. The van der Waals surface area contributed by atoms with Crippen LogP contribution in [-0.2, 0) is 0 Å². The van der Waals surface area contributed by atoms with Crippen LogP contribution in [-0.4, -0.2) is 21.7 Å². The van der Waals surface area contributed by atoms with Crippen molar-refractivity contribution >= 4 is 5.91 Å². The van der Waals surface area contributed by atoms with Crippen molar-refractivity contribution in [1.29, 1.82) is 0 Å². The Kier molecular flexibility index (Phi) is 4.16. The van der Waals surface area contributed by atoms with Crippen LogP contribution in [0.15, 0.2) is 35.1 Å². The smallest absolute Gasteiger partial charge is 0.276 e. The van der Waals surface area contributed by atoms with Crippen LogP contribution < -0.4 is 10.7 Å². The van der Waals surface area contributed by atoms with Crippen molar-refractivity contribution in [3.05, 3.63) is 57.8 Å². The number of rotatable bonds is 3.